The molecule has 1 atom stereocenters. The van der Waals surface area contributed by atoms with Gasteiger partial charge < -0.3 is 9.73 Å². The monoisotopic (exact) mass is 384 g/mol. The van der Waals surface area contributed by atoms with Crippen LogP contribution in [-0.4, -0.2) is 20.4 Å². The van der Waals surface area contributed by atoms with E-state index in [4.69, 9.17) is 16.0 Å². The smallest absolute Gasteiger partial charge is 0.238 e. The molecule has 0 fully saturated rings. The highest BCUT2D eigenvalue weighted by Crippen LogP contribution is 2.13. The molecule has 0 saturated heterocycles. The lowest BCUT2D eigenvalue weighted by molar-refractivity contribution is -0.123. The predicted octanol–water partition coefficient (Wildman–Crippen LogP) is 2.69. The van der Waals surface area contributed by atoms with E-state index in [0.29, 0.717) is 16.3 Å². The fraction of sp³-hybridized carbons (Fsp3) is 0.353. The van der Waals surface area contributed by atoms with Crippen molar-refractivity contribution < 1.29 is 17.6 Å². The number of hydrogen-bond donors (Lipinski definition) is 2. The lowest BCUT2D eigenvalue weighted by Crippen LogP contribution is -2.49. The summed E-state index contributed by atoms with van der Waals surface area (Å²) >= 11 is 5.80. The number of carbonyl (C=O) groups excluding carboxylic acids is 1. The van der Waals surface area contributed by atoms with E-state index in [1.807, 2.05) is 0 Å². The van der Waals surface area contributed by atoms with Gasteiger partial charge in [-0.2, -0.15) is 0 Å². The summed E-state index contributed by atoms with van der Waals surface area (Å²) in [6.45, 7) is 3.76. The first-order valence-corrected chi connectivity index (χ1v) is 9.84. The second kappa shape index (κ2) is 8.51. The molecule has 0 spiro atoms. The standard InChI is InChI=1S/C17H21ClN2O4S/c1-12(2)16(17(21)19-10-15-4-3-9-24-15)20-25(22,23)11-13-5-7-14(18)8-6-13/h3-9,12,16,20H,10-11H2,1-2H3,(H,19,21)/t16-/m1/s1. The molecule has 0 bridgehead atoms. The molecule has 0 unspecified atom stereocenters. The molecule has 8 heteroatoms. The fourth-order valence-electron chi connectivity index (χ4n) is 2.22. The summed E-state index contributed by atoms with van der Waals surface area (Å²) in [7, 11) is -3.69. The number of carbonyl (C=O) groups is 1. The van der Waals surface area contributed by atoms with Crippen LogP contribution in [-0.2, 0) is 27.1 Å². The first kappa shape index (κ1) is 19.5. The van der Waals surface area contributed by atoms with Crippen molar-refractivity contribution >= 4 is 27.5 Å². The Labute approximate surface area is 152 Å². The first-order valence-electron chi connectivity index (χ1n) is 7.81. The zero-order valence-electron chi connectivity index (χ0n) is 14.0. The second-order valence-electron chi connectivity index (χ2n) is 6.02. The van der Waals surface area contributed by atoms with Crippen molar-refractivity contribution in [1.82, 2.24) is 10.0 Å². The number of furan rings is 1. The van der Waals surface area contributed by atoms with E-state index in [1.165, 1.54) is 6.26 Å². The molecule has 2 rings (SSSR count). The molecule has 0 radical (unpaired) electrons. The SMILES string of the molecule is CC(C)[C@@H](NS(=O)(=O)Cc1ccc(Cl)cc1)C(=O)NCc1ccco1. The normalized spacial score (nSPS) is 13.0. The van der Waals surface area contributed by atoms with E-state index in [9.17, 15) is 13.2 Å². The molecule has 1 amide bonds. The Balaban J connectivity index is 2.01. The molecule has 1 aromatic carbocycles. The third-order valence-electron chi connectivity index (χ3n) is 3.54. The predicted molar refractivity (Wildman–Crippen MR) is 96.4 cm³/mol. The quantitative estimate of drug-likeness (QED) is 0.732. The van der Waals surface area contributed by atoms with Gasteiger partial charge in [-0.25, -0.2) is 13.1 Å². The summed E-state index contributed by atoms with van der Waals surface area (Å²) in [6.07, 6.45) is 1.51. The van der Waals surface area contributed by atoms with Crippen molar-refractivity contribution in [2.24, 2.45) is 5.92 Å². The zero-order valence-corrected chi connectivity index (χ0v) is 15.6. The van der Waals surface area contributed by atoms with Gasteiger partial charge in [0.1, 0.15) is 11.8 Å². The van der Waals surface area contributed by atoms with Crippen molar-refractivity contribution in [1.29, 1.82) is 0 Å². The highest BCUT2D eigenvalue weighted by atomic mass is 35.5. The van der Waals surface area contributed by atoms with Crippen LogP contribution in [0.25, 0.3) is 0 Å². The lowest BCUT2D eigenvalue weighted by atomic mass is 10.1. The maximum Gasteiger partial charge on any atom is 0.238 e. The average molecular weight is 385 g/mol. The largest absolute Gasteiger partial charge is 0.467 e. The zero-order chi connectivity index (χ0) is 18.4. The summed E-state index contributed by atoms with van der Waals surface area (Å²) in [6, 6.07) is 9.12. The van der Waals surface area contributed by atoms with E-state index >= 15 is 0 Å². The molecule has 0 aliphatic rings. The molecule has 0 aliphatic heterocycles. The molecule has 1 aromatic heterocycles. The second-order valence-corrected chi connectivity index (χ2v) is 8.21. The molecule has 0 aliphatic carbocycles. The van der Waals surface area contributed by atoms with E-state index < -0.39 is 22.0 Å². The fourth-order valence-corrected chi connectivity index (χ4v) is 3.83. The first-order chi connectivity index (χ1) is 11.8. The molecule has 6 nitrogen and oxygen atoms in total. The Morgan fingerprint density at radius 3 is 2.44 bits per heavy atom. The van der Waals surface area contributed by atoms with Crippen LogP contribution >= 0.6 is 11.6 Å². The van der Waals surface area contributed by atoms with Gasteiger partial charge in [0.05, 0.1) is 18.6 Å². The number of rotatable bonds is 8. The molecular weight excluding hydrogens is 364 g/mol. The third-order valence-corrected chi connectivity index (χ3v) is 5.12. The summed E-state index contributed by atoms with van der Waals surface area (Å²) < 4.78 is 32.4. The van der Waals surface area contributed by atoms with Gasteiger partial charge in [-0.1, -0.05) is 37.6 Å². The number of sulfonamides is 1. The number of benzene rings is 1. The molecule has 136 valence electrons. The van der Waals surface area contributed by atoms with E-state index in [2.05, 4.69) is 10.0 Å². The maximum atomic E-state index is 12.4. The van der Waals surface area contributed by atoms with Gasteiger partial charge >= 0.3 is 0 Å². The lowest BCUT2D eigenvalue weighted by Gasteiger charge is -2.21. The minimum Gasteiger partial charge on any atom is -0.467 e. The van der Waals surface area contributed by atoms with Gasteiger partial charge in [-0.3, -0.25) is 4.79 Å². The van der Waals surface area contributed by atoms with Gasteiger partial charge in [-0.15, -0.1) is 0 Å². The van der Waals surface area contributed by atoms with Crippen LogP contribution in [0.3, 0.4) is 0 Å². The van der Waals surface area contributed by atoms with Crippen LogP contribution in [0.1, 0.15) is 25.2 Å². The molecular formula is C17H21ClN2O4S. The van der Waals surface area contributed by atoms with Crippen LogP contribution in [0.5, 0.6) is 0 Å². The molecule has 1 heterocycles. The highest BCUT2D eigenvalue weighted by molar-refractivity contribution is 7.88. The number of amides is 1. The molecule has 0 saturated carbocycles. The van der Waals surface area contributed by atoms with Gasteiger partial charge in [0, 0.05) is 5.02 Å². The highest BCUT2D eigenvalue weighted by Gasteiger charge is 2.27. The summed E-state index contributed by atoms with van der Waals surface area (Å²) in [5.41, 5.74) is 0.593. The van der Waals surface area contributed by atoms with Crippen molar-refractivity contribution in [2.45, 2.75) is 32.2 Å². The third kappa shape index (κ3) is 6.19. The van der Waals surface area contributed by atoms with Gasteiger partial charge in [0.15, 0.2) is 0 Å². The molecule has 2 aromatic rings. The minimum absolute atomic E-state index is 0.202. The summed E-state index contributed by atoms with van der Waals surface area (Å²) in [5, 5.41) is 3.22. The van der Waals surface area contributed by atoms with Crippen molar-refractivity contribution in [3.05, 3.63) is 59.0 Å². The van der Waals surface area contributed by atoms with Crippen LogP contribution in [0, 0.1) is 5.92 Å². The topological polar surface area (TPSA) is 88.4 Å². The van der Waals surface area contributed by atoms with Crippen LogP contribution in [0.2, 0.25) is 5.02 Å². The van der Waals surface area contributed by atoms with Crippen molar-refractivity contribution in [3.8, 4) is 0 Å². The Kier molecular flexibility index (Phi) is 6.64. The van der Waals surface area contributed by atoms with Crippen molar-refractivity contribution in [3.63, 3.8) is 0 Å². The van der Waals surface area contributed by atoms with E-state index in [-0.39, 0.29) is 18.2 Å². The number of halogens is 1. The van der Waals surface area contributed by atoms with E-state index in [1.54, 1.807) is 50.2 Å². The Morgan fingerprint density at radius 2 is 1.88 bits per heavy atom. The average Bonchev–Trinajstić information content (AvgIpc) is 3.05. The minimum atomic E-state index is -3.69. The van der Waals surface area contributed by atoms with Gasteiger partial charge in [0.25, 0.3) is 0 Å². The molecule has 2 N–H and O–H groups in total. The Hall–Kier alpha value is -1.83. The van der Waals surface area contributed by atoms with Gasteiger partial charge in [-0.05, 0) is 35.7 Å². The van der Waals surface area contributed by atoms with Gasteiger partial charge in [0.2, 0.25) is 15.9 Å². The Morgan fingerprint density at radius 1 is 1.20 bits per heavy atom. The number of nitrogens with one attached hydrogen (secondary N) is 2. The summed E-state index contributed by atoms with van der Waals surface area (Å²) in [5.74, 6) is -0.235. The van der Waals surface area contributed by atoms with E-state index in [0.717, 1.165) is 0 Å². The van der Waals surface area contributed by atoms with Crippen LogP contribution < -0.4 is 10.0 Å². The van der Waals surface area contributed by atoms with Crippen molar-refractivity contribution in [2.75, 3.05) is 0 Å². The maximum absolute atomic E-state index is 12.4. The molecule has 25 heavy (non-hydrogen) atoms. The van der Waals surface area contributed by atoms with Crippen LogP contribution in [0.4, 0.5) is 0 Å². The Bertz CT molecular complexity index is 787. The summed E-state index contributed by atoms with van der Waals surface area (Å²) in [4.78, 5) is 12.4. The number of hydrogen-bond acceptors (Lipinski definition) is 4. The van der Waals surface area contributed by atoms with Crippen LogP contribution in [0.15, 0.2) is 47.1 Å².